The lowest BCUT2D eigenvalue weighted by molar-refractivity contribution is -0.123. The highest BCUT2D eigenvalue weighted by Gasteiger charge is 2.11. The van der Waals surface area contributed by atoms with Crippen molar-refractivity contribution in [1.82, 2.24) is 21.7 Å². The molecular formula is C28H36N6O6. The van der Waals surface area contributed by atoms with Gasteiger partial charge in [0.1, 0.15) is 0 Å². The van der Waals surface area contributed by atoms with E-state index >= 15 is 0 Å². The average molecular weight is 553 g/mol. The van der Waals surface area contributed by atoms with Crippen LogP contribution >= 0.6 is 0 Å². The van der Waals surface area contributed by atoms with Gasteiger partial charge in [-0.05, 0) is 74.2 Å². The standard InChI is InChI=1S/C28H36N6O6/c1-3-7-23(35)29-21-15-11-19(12-16-21)27(39)33-31-25(37)9-5-6-10-26(38)32-34-28(40)20-13-17-22(18-14-20)30-24(36)8-4-2/h11-18H,3-10H2,1-2H3,(H,29,35)(H,30,36)(H,31,37)(H,32,38)(H,33,39)(H,34,40). The van der Waals surface area contributed by atoms with Crippen molar-refractivity contribution in [3.63, 3.8) is 0 Å². The summed E-state index contributed by atoms with van der Waals surface area (Å²) in [6.45, 7) is 3.81. The predicted molar refractivity (Wildman–Crippen MR) is 150 cm³/mol. The van der Waals surface area contributed by atoms with E-state index in [0.29, 0.717) is 48.2 Å². The number of carbonyl (C=O) groups is 6. The van der Waals surface area contributed by atoms with E-state index < -0.39 is 23.6 Å². The number of amides is 6. The van der Waals surface area contributed by atoms with Gasteiger partial charge in [0.05, 0.1) is 0 Å². The van der Waals surface area contributed by atoms with Crippen LogP contribution < -0.4 is 32.3 Å². The zero-order chi connectivity index (χ0) is 29.3. The first-order valence-electron chi connectivity index (χ1n) is 13.2. The summed E-state index contributed by atoms with van der Waals surface area (Å²) in [5.74, 6) is -2.06. The van der Waals surface area contributed by atoms with Gasteiger partial charge in [0.15, 0.2) is 0 Å². The number of hydrogen-bond acceptors (Lipinski definition) is 6. The molecule has 214 valence electrons. The molecule has 0 aliphatic carbocycles. The number of rotatable bonds is 13. The molecular weight excluding hydrogens is 516 g/mol. The number of unbranched alkanes of at least 4 members (excludes halogenated alkanes) is 1. The van der Waals surface area contributed by atoms with Crippen molar-refractivity contribution >= 4 is 46.8 Å². The minimum Gasteiger partial charge on any atom is -0.326 e. The quantitative estimate of drug-likeness (QED) is 0.164. The van der Waals surface area contributed by atoms with Crippen molar-refractivity contribution in [2.45, 2.75) is 65.2 Å². The van der Waals surface area contributed by atoms with Crippen LogP contribution in [-0.4, -0.2) is 35.4 Å². The molecule has 0 heterocycles. The van der Waals surface area contributed by atoms with E-state index in [4.69, 9.17) is 0 Å². The minimum absolute atomic E-state index is 0.0868. The highest BCUT2D eigenvalue weighted by atomic mass is 16.2. The fraction of sp³-hybridized carbons (Fsp3) is 0.357. The lowest BCUT2D eigenvalue weighted by atomic mass is 10.2. The molecule has 12 heteroatoms. The molecule has 12 nitrogen and oxygen atoms in total. The van der Waals surface area contributed by atoms with E-state index in [0.717, 1.165) is 12.8 Å². The van der Waals surface area contributed by atoms with E-state index in [1.807, 2.05) is 13.8 Å². The normalized spacial score (nSPS) is 10.2. The van der Waals surface area contributed by atoms with E-state index in [9.17, 15) is 28.8 Å². The molecule has 0 aromatic heterocycles. The third kappa shape index (κ3) is 11.8. The first kappa shape index (κ1) is 31.5. The molecule has 40 heavy (non-hydrogen) atoms. The van der Waals surface area contributed by atoms with E-state index in [1.165, 1.54) is 24.3 Å². The topological polar surface area (TPSA) is 175 Å². The summed E-state index contributed by atoms with van der Waals surface area (Å²) in [5.41, 5.74) is 11.1. The molecule has 6 amide bonds. The Kier molecular flexibility index (Phi) is 13.4. The number of anilines is 2. The maximum atomic E-state index is 12.2. The van der Waals surface area contributed by atoms with Crippen LogP contribution in [-0.2, 0) is 19.2 Å². The van der Waals surface area contributed by atoms with Gasteiger partial charge in [0.2, 0.25) is 23.6 Å². The zero-order valence-corrected chi connectivity index (χ0v) is 22.7. The molecule has 2 aromatic carbocycles. The Hall–Kier alpha value is -4.74. The Balaban J connectivity index is 1.60. The second-order valence-electron chi connectivity index (χ2n) is 8.96. The fourth-order valence-electron chi connectivity index (χ4n) is 3.40. The maximum absolute atomic E-state index is 12.2. The summed E-state index contributed by atoms with van der Waals surface area (Å²) in [6.07, 6.45) is 3.24. The van der Waals surface area contributed by atoms with Gasteiger partial charge in [-0.1, -0.05) is 13.8 Å². The van der Waals surface area contributed by atoms with Gasteiger partial charge in [-0.2, -0.15) is 0 Å². The molecule has 0 spiro atoms. The maximum Gasteiger partial charge on any atom is 0.269 e. The summed E-state index contributed by atoms with van der Waals surface area (Å²) in [4.78, 5) is 71.6. The molecule has 0 aliphatic heterocycles. The Morgan fingerprint density at radius 1 is 0.475 bits per heavy atom. The Bertz CT molecular complexity index is 1090. The summed E-state index contributed by atoms with van der Waals surface area (Å²) in [7, 11) is 0. The van der Waals surface area contributed by atoms with Gasteiger partial charge >= 0.3 is 0 Å². The third-order valence-corrected chi connectivity index (χ3v) is 5.50. The van der Waals surface area contributed by atoms with Crippen LogP contribution in [0.25, 0.3) is 0 Å². The molecule has 0 aliphatic rings. The molecule has 0 atom stereocenters. The SMILES string of the molecule is CCCC(=O)Nc1ccc(C(=O)NNC(=O)CCCCC(=O)NNC(=O)c2ccc(NC(=O)CCC)cc2)cc1. The van der Waals surface area contributed by atoms with Crippen LogP contribution in [0.4, 0.5) is 11.4 Å². The monoisotopic (exact) mass is 552 g/mol. The van der Waals surface area contributed by atoms with Crippen molar-refractivity contribution in [1.29, 1.82) is 0 Å². The number of carbonyl (C=O) groups excluding carboxylic acids is 6. The van der Waals surface area contributed by atoms with Crippen molar-refractivity contribution in [2.75, 3.05) is 10.6 Å². The number of benzene rings is 2. The van der Waals surface area contributed by atoms with Gasteiger partial charge in [-0.3, -0.25) is 50.5 Å². The zero-order valence-electron chi connectivity index (χ0n) is 22.7. The number of hydrazine groups is 2. The third-order valence-electron chi connectivity index (χ3n) is 5.50. The molecule has 0 bridgehead atoms. The first-order chi connectivity index (χ1) is 19.2. The number of nitrogens with one attached hydrogen (secondary N) is 6. The lowest BCUT2D eigenvalue weighted by Crippen LogP contribution is -2.42. The Morgan fingerprint density at radius 2 is 0.825 bits per heavy atom. The molecule has 0 fully saturated rings. The summed E-state index contributed by atoms with van der Waals surface area (Å²) >= 11 is 0. The van der Waals surface area contributed by atoms with Crippen LogP contribution in [0.3, 0.4) is 0 Å². The molecule has 0 saturated carbocycles. The van der Waals surface area contributed by atoms with Gasteiger partial charge in [0, 0.05) is 48.2 Å². The van der Waals surface area contributed by atoms with E-state index in [-0.39, 0.29) is 24.7 Å². The largest absolute Gasteiger partial charge is 0.326 e. The van der Waals surface area contributed by atoms with Crippen LogP contribution in [0.1, 0.15) is 85.9 Å². The highest BCUT2D eigenvalue weighted by Crippen LogP contribution is 2.11. The fourth-order valence-corrected chi connectivity index (χ4v) is 3.40. The first-order valence-corrected chi connectivity index (χ1v) is 13.2. The van der Waals surface area contributed by atoms with Crippen molar-refractivity contribution in [2.24, 2.45) is 0 Å². The number of hydrogen-bond donors (Lipinski definition) is 6. The molecule has 2 rings (SSSR count). The second-order valence-corrected chi connectivity index (χ2v) is 8.96. The predicted octanol–water partition coefficient (Wildman–Crippen LogP) is 2.95. The minimum atomic E-state index is -0.509. The van der Waals surface area contributed by atoms with Crippen LogP contribution in [0.15, 0.2) is 48.5 Å². The van der Waals surface area contributed by atoms with Crippen LogP contribution in [0.2, 0.25) is 0 Å². The molecule has 0 unspecified atom stereocenters. The summed E-state index contributed by atoms with van der Waals surface area (Å²) < 4.78 is 0. The molecule has 6 N–H and O–H groups in total. The van der Waals surface area contributed by atoms with Crippen molar-refractivity contribution in [3.05, 3.63) is 59.7 Å². The van der Waals surface area contributed by atoms with E-state index in [2.05, 4.69) is 32.3 Å². The second kappa shape index (κ2) is 17.0. The average Bonchev–Trinajstić information content (AvgIpc) is 2.93. The molecule has 0 radical (unpaired) electrons. The van der Waals surface area contributed by atoms with Gasteiger partial charge in [-0.15, -0.1) is 0 Å². The Labute approximate surface area is 233 Å². The lowest BCUT2D eigenvalue weighted by Gasteiger charge is -2.09. The van der Waals surface area contributed by atoms with Gasteiger partial charge < -0.3 is 10.6 Å². The summed E-state index contributed by atoms with van der Waals surface area (Å²) in [5, 5.41) is 5.45. The molecule has 0 saturated heterocycles. The van der Waals surface area contributed by atoms with E-state index in [1.54, 1.807) is 24.3 Å². The highest BCUT2D eigenvalue weighted by molar-refractivity contribution is 5.97. The van der Waals surface area contributed by atoms with Gasteiger partial charge in [-0.25, -0.2) is 0 Å². The smallest absolute Gasteiger partial charge is 0.269 e. The molecule has 2 aromatic rings. The van der Waals surface area contributed by atoms with Gasteiger partial charge in [0.25, 0.3) is 11.8 Å². The van der Waals surface area contributed by atoms with Crippen LogP contribution in [0, 0.1) is 0 Å². The van der Waals surface area contributed by atoms with Crippen molar-refractivity contribution < 1.29 is 28.8 Å². The van der Waals surface area contributed by atoms with Crippen molar-refractivity contribution in [3.8, 4) is 0 Å². The van der Waals surface area contributed by atoms with Crippen LogP contribution in [0.5, 0.6) is 0 Å². The summed E-state index contributed by atoms with van der Waals surface area (Å²) in [6, 6.07) is 12.5. The Morgan fingerprint density at radius 3 is 1.15 bits per heavy atom.